The topological polar surface area (TPSA) is 75.9 Å². The minimum absolute atomic E-state index is 0.102. The average Bonchev–Trinajstić information content (AvgIpc) is 2.87. The predicted molar refractivity (Wildman–Crippen MR) is 79.1 cm³/mol. The van der Waals surface area contributed by atoms with Crippen LogP contribution in [0.1, 0.15) is 52.4 Å². The molecule has 5 nitrogen and oxygen atoms in total. The molecular formula is C14H25N5. The van der Waals surface area contributed by atoms with E-state index in [1.807, 2.05) is 6.92 Å². The van der Waals surface area contributed by atoms with Crippen molar-refractivity contribution in [2.45, 2.75) is 59.4 Å². The summed E-state index contributed by atoms with van der Waals surface area (Å²) in [6.07, 6.45) is 1.17. The average molecular weight is 263 g/mol. The standard InChI is InChI=1S/C14H25N5/c1-8-10(16-9-7-14(9,5)6)17-12(13(2,3)4)18-11(8)19-15/h9H,7,15H2,1-6H3,(H2,16,17,18,19). The van der Waals surface area contributed by atoms with E-state index in [4.69, 9.17) is 5.84 Å². The molecule has 0 aromatic carbocycles. The normalized spacial score (nSPS) is 21.1. The molecule has 0 aliphatic heterocycles. The van der Waals surface area contributed by atoms with Gasteiger partial charge in [0.15, 0.2) is 0 Å². The van der Waals surface area contributed by atoms with Crippen LogP contribution >= 0.6 is 0 Å². The minimum atomic E-state index is -0.102. The summed E-state index contributed by atoms with van der Waals surface area (Å²) in [6, 6.07) is 0.486. The highest BCUT2D eigenvalue weighted by Gasteiger charge is 2.46. The predicted octanol–water partition coefficient (Wildman–Crippen LogP) is 2.58. The smallest absolute Gasteiger partial charge is 0.148 e. The number of hydrazine groups is 1. The SMILES string of the molecule is Cc1c(NN)nc(C(C)(C)C)nc1NC1CC1(C)C. The molecule has 1 aliphatic carbocycles. The molecule has 1 saturated carbocycles. The quantitative estimate of drug-likeness (QED) is 0.577. The van der Waals surface area contributed by atoms with Crippen LogP contribution in [-0.2, 0) is 5.41 Å². The molecule has 0 saturated heterocycles. The van der Waals surface area contributed by atoms with Crippen LogP contribution in [0.5, 0.6) is 0 Å². The minimum Gasteiger partial charge on any atom is -0.366 e. The second-order valence-electron chi connectivity index (χ2n) is 7.15. The Kier molecular flexibility index (Phi) is 3.21. The van der Waals surface area contributed by atoms with Crippen LogP contribution in [0, 0.1) is 12.3 Å². The maximum atomic E-state index is 5.56. The lowest BCUT2D eigenvalue weighted by atomic mass is 9.95. The third-order valence-electron chi connectivity index (χ3n) is 3.78. The number of nitrogens with zero attached hydrogens (tertiary/aromatic N) is 2. The van der Waals surface area contributed by atoms with E-state index in [9.17, 15) is 0 Å². The van der Waals surface area contributed by atoms with Gasteiger partial charge in [0.2, 0.25) is 0 Å². The molecule has 1 aromatic heterocycles. The Labute approximate surface area is 115 Å². The van der Waals surface area contributed by atoms with Crippen LogP contribution in [0.3, 0.4) is 0 Å². The molecule has 0 bridgehead atoms. The lowest BCUT2D eigenvalue weighted by Crippen LogP contribution is -2.22. The van der Waals surface area contributed by atoms with Crippen molar-refractivity contribution in [3.63, 3.8) is 0 Å². The van der Waals surface area contributed by atoms with Gasteiger partial charge in [0.25, 0.3) is 0 Å². The summed E-state index contributed by atoms with van der Waals surface area (Å²) in [5.74, 6) is 7.95. The van der Waals surface area contributed by atoms with Crippen molar-refractivity contribution < 1.29 is 0 Å². The van der Waals surface area contributed by atoms with E-state index < -0.39 is 0 Å². The summed E-state index contributed by atoms with van der Waals surface area (Å²) in [5, 5.41) is 3.51. The highest BCUT2D eigenvalue weighted by atomic mass is 15.3. The van der Waals surface area contributed by atoms with Crippen LogP contribution in [0.25, 0.3) is 0 Å². The molecule has 1 heterocycles. The lowest BCUT2D eigenvalue weighted by Gasteiger charge is -2.21. The van der Waals surface area contributed by atoms with Gasteiger partial charge in [-0.3, -0.25) is 0 Å². The summed E-state index contributed by atoms with van der Waals surface area (Å²) in [6.45, 7) is 12.8. The number of nitrogen functional groups attached to an aromatic ring is 1. The van der Waals surface area contributed by atoms with Crippen LogP contribution in [0.2, 0.25) is 0 Å². The van der Waals surface area contributed by atoms with Crippen molar-refractivity contribution >= 4 is 11.6 Å². The molecule has 1 aromatic rings. The largest absolute Gasteiger partial charge is 0.366 e. The van der Waals surface area contributed by atoms with Crippen LogP contribution in [0.4, 0.5) is 11.6 Å². The second kappa shape index (κ2) is 4.34. The zero-order valence-corrected chi connectivity index (χ0v) is 12.8. The number of hydrogen-bond donors (Lipinski definition) is 3. The van der Waals surface area contributed by atoms with Gasteiger partial charge >= 0.3 is 0 Å². The summed E-state index contributed by atoms with van der Waals surface area (Å²) >= 11 is 0. The fourth-order valence-electron chi connectivity index (χ4n) is 2.01. The van der Waals surface area contributed by atoms with Crippen LogP contribution in [-0.4, -0.2) is 16.0 Å². The van der Waals surface area contributed by atoms with Gasteiger partial charge in [-0.2, -0.15) is 0 Å². The molecule has 0 spiro atoms. The van der Waals surface area contributed by atoms with Gasteiger partial charge in [-0.15, -0.1) is 0 Å². The van der Waals surface area contributed by atoms with Crippen molar-refractivity contribution in [2.24, 2.45) is 11.3 Å². The third-order valence-corrected chi connectivity index (χ3v) is 3.78. The van der Waals surface area contributed by atoms with Crippen LogP contribution in [0.15, 0.2) is 0 Å². The summed E-state index contributed by atoms with van der Waals surface area (Å²) in [4.78, 5) is 9.18. The molecular weight excluding hydrogens is 238 g/mol. The molecule has 1 aliphatic rings. The number of nitrogens with two attached hydrogens (primary N) is 1. The monoisotopic (exact) mass is 263 g/mol. The first-order valence-corrected chi connectivity index (χ1v) is 6.77. The van der Waals surface area contributed by atoms with E-state index in [2.05, 4.69) is 55.3 Å². The second-order valence-corrected chi connectivity index (χ2v) is 7.15. The number of aromatic nitrogens is 2. The zero-order valence-electron chi connectivity index (χ0n) is 12.8. The number of nitrogens with one attached hydrogen (secondary N) is 2. The molecule has 1 unspecified atom stereocenters. The van der Waals surface area contributed by atoms with E-state index in [-0.39, 0.29) is 5.41 Å². The Bertz CT molecular complexity index is 487. The highest BCUT2D eigenvalue weighted by Crippen LogP contribution is 2.46. The molecule has 19 heavy (non-hydrogen) atoms. The highest BCUT2D eigenvalue weighted by molar-refractivity contribution is 5.58. The van der Waals surface area contributed by atoms with E-state index in [1.165, 1.54) is 6.42 Å². The fraction of sp³-hybridized carbons (Fsp3) is 0.714. The molecule has 4 N–H and O–H groups in total. The first-order valence-electron chi connectivity index (χ1n) is 6.77. The first kappa shape index (κ1) is 14.1. The van der Waals surface area contributed by atoms with Gasteiger partial charge < -0.3 is 10.7 Å². The molecule has 1 atom stereocenters. The van der Waals surface area contributed by atoms with Crippen LogP contribution < -0.4 is 16.6 Å². The number of rotatable bonds is 3. The Morgan fingerprint density at radius 3 is 2.16 bits per heavy atom. The maximum Gasteiger partial charge on any atom is 0.148 e. The Balaban J connectivity index is 2.36. The molecule has 5 heteroatoms. The Morgan fingerprint density at radius 2 is 1.74 bits per heavy atom. The molecule has 2 rings (SSSR count). The van der Waals surface area contributed by atoms with Crippen molar-refractivity contribution in [3.8, 4) is 0 Å². The van der Waals surface area contributed by atoms with Crippen molar-refractivity contribution in [1.29, 1.82) is 0 Å². The van der Waals surface area contributed by atoms with Gasteiger partial charge in [-0.05, 0) is 18.8 Å². The van der Waals surface area contributed by atoms with Gasteiger partial charge in [0.1, 0.15) is 17.5 Å². The zero-order chi connectivity index (χ0) is 14.4. The summed E-state index contributed by atoms with van der Waals surface area (Å²) < 4.78 is 0. The van der Waals surface area contributed by atoms with E-state index >= 15 is 0 Å². The van der Waals surface area contributed by atoms with Gasteiger partial charge in [0, 0.05) is 17.0 Å². The van der Waals surface area contributed by atoms with Gasteiger partial charge in [-0.1, -0.05) is 34.6 Å². The summed E-state index contributed by atoms with van der Waals surface area (Å²) in [7, 11) is 0. The van der Waals surface area contributed by atoms with E-state index in [0.29, 0.717) is 17.3 Å². The molecule has 0 amide bonds. The fourth-order valence-corrected chi connectivity index (χ4v) is 2.01. The third kappa shape index (κ3) is 2.81. The van der Waals surface area contributed by atoms with Gasteiger partial charge in [0.05, 0.1) is 0 Å². The number of anilines is 2. The van der Waals surface area contributed by atoms with Crippen molar-refractivity contribution in [2.75, 3.05) is 10.7 Å². The van der Waals surface area contributed by atoms with E-state index in [0.717, 1.165) is 17.2 Å². The van der Waals surface area contributed by atoms with Crippen molar-refractivity contribution in [1.82, 2.24) is 9.97 Å². The molecule has 1 fully saturated rings. The lowest BCUT2D eigenvalue weighted by molar-refractivity contribution is 0.545. The Hall–Kier alpha value is -1.36. The molecule has 106 valence electrons. The maximum absolute atomic E-state index is 5.56. The molecule has 0 radical (unpaired) electrons. The van der Waals surface area contributed by atoms with Gasteiger partial charge in [-0.25, -0.2) is 15.8 Å². The summed E-state index contributed by atoms with van der Waals surface area (Å²) in [5.41, 5.74) is 3.90. The Morgan fingerprint density at radius 1 is 1.21 bits per heavy atom. The van der Waals surface area contributed by atoms with E-state index in [1.54, 1.807) is 0 Å². The first-order chi connectivity index (χ1) is 8.65. The van der Waals surface area contributed by atoms with Crippen molar-refractivity contribution in [3.05, 3.63) is 11.4 Å². The number of hydrogen-bond acceptors (Lipinski definition) is 5.